The van der Waals surface area contributed by atoms with Crippen LogP contribution in [0.1, 0.15) is 35.8 Å². The molecule has 0 saturated carbocycles. The van der Waals surface area contributed by atoms with Crippen molar-refractivity contribution in [3.05, 3.63) is 50.9 Å². The van der Waals surface area contributed by atoms with Gasteiger partial charge < -0.3 is 9.47 Å². The van der Waals surface area contributed by atoms with Crippen molar-refractivity contribution in [1.29, 1.82) is 0 Å². The van der Waals surface area contributed by atoms with Gasteiger partial charge in [0.05, 0.1) is 31.6 Å². The molecule has 2 aromatic heterocycles. The van der Waals surface area contributed by atoms with Gasteiger partial charge in [-0.15, -0.1) is 11.3 Å². The molecule has 0 spiro atoms. The molecule has 0 aliphatic heterocycles. The van der Waals surface area contributed by atoms with E-state index in [2.05, 4.69) is 22.4 Å². The van der Waals surface area contributed by atoms with E-state index in [-0.39, 0.29) is 12.1 Å². The maximum atomic E-state index is 12.7. The minimum atomic E-state index is -0.421. The summed E-state index contributed by atoms with van der Waals surface area (Å²) in [6, 6.07) is 5.41. The lowest BCUT2D eigenvalue weighted by atomic mass is 10.2. The number of hydrazone groups is 1. The van der Waals surface area contributed by atoms with E-state index in [1.807, 2.05) is 26.0 Å². The molecule has 0 saturated heterocycles. The van der Waals surface area contributed by atoms with Gasteiger partial charge >= 0.3 is 0 Å². The van der Waals surface area contributed by atoms with Gasteiger partial charge in [0, 0.05) is 4.88 Å². The Morgan fingerprint density at radius 1 is 1.32 bits per heavy atom. The number of unbranched alkanes of at least 4 members (excludes halogenated alkanes) is 1. The van der Waals surface area contributed by atoms with Crippen LogP contribution in [0.5, 0.6) is 11.5 Å². The van der Waals surface area contributed by atoms with Crippen LogP contribution in [-0.2, 0) is 11.3 Å². The van der Waals surface area contributed by atoms with Crippen LogP contribution in [0.2, 0.25) is 0 Å². The van der Waals surface area contributed by atoms with Gasteiger partial charge in [0.15, 0.2) is 11.5 Å². The van der Waals surface area contributed by atoms with Crippen molar-refractivity contribution in [2.75, 3.05) is 13.7 Å². The predicted molar refractivity (Wildman–Crippen MR) is 122 cm³/mol. The number of fused-ring (bicyclic) bond motifs is 1. The zero-order valence-corrected chi connectivity index (χ0v) is 18.9. The first kappa shape index (κ1) is 22.5. The first-order chi connectivity index (χ1) is 14.9. The fourth-order valence-electron chi connectivity index (χ4n) is 2.96. The number of hydrogen-bond acceptors (Lipinski definition) is 7. The highest BCUT2D eigenvalue weighted by Crippen LogP contribution is 2.28. The number of carbonyl (C=O) groups is 1. The highest BCUT2D eigenvalue weighted by Gasteiger charge is 2.13. The summed E-state index contributed by atoms with van der Waals surface area (Å²) in [6.45, 7) is 6.40. The van der Waals surface area contributed by atoms with Gasteiger partial charge in [-0.25, -0.2) is 10.4 Å². The Hall–Kier alpha value is -3.20. The van der Waals surface area contributed by atoms with Gasteiger partial charge in [0.1, 0.15) is 11.4 Å². The number of amides is 1. The summed E-state index contributed by atoms with van der Waals surface area (Å²) in [6.07, 6.45) is 4.92. The van der Waals surface area contributed by atoms with Crippen molar-refractivity contribution in [3.63, 3.8) is 0 Å². The Balaban J connectivity index is 1.64. The summed E-state index contributed by atoms with van der Waals surface area (Å²) in [4.78, 5) is 31.0. The maximum absolute atomic E-state index is 12.7. The van der Waals surface area contributed by atoms with E-state index in [0.717, 1.165) is 28.8 Å². The Kier molecular flexibility index (Phi) is 7.41. The van der Waals surface area contributed by atoms with Crippen LogP contribution in [0.3, 0.4) is 0 Å². The second-order valence-electron chi connectivity index (χ2n) is 7.05. The highest BCUT2D eigenvalue weighted by atomic mass is 32.1. The molecule has 0 aliphatic carbocycles. The first-order valence-electron chi connectivity index (χ1n) is 10.0. The quantitative estimate of drug-likeness (QED) is 0.311. The lowest BCUT2D eigenvalue weighted by molar-refractivity contribution is -0.121. The molecule has 0 unspecified atom stereocenters. The third-order valence-corrected chi connectivity index (χ3v) is 5.93. The Labute approximate surface area is 184 Å². The molecule has 1 aromatic carbocycles. The third kappa shape index (κ3) is 5.29. The topological polar surface area (TPSA) is 94.8 Å². The predicted octanol–water partition coefficient (Wildman–Crippen LogP) is 3.41. The van der Waals surface area contributed by atoms with Crippen LogP contribution in [0.25, 0.3) is 10.2 Å². The first-order valence-corrected chi connectivity index (χ1v) is 10.8. The van der Waals surface area contributed by atoms with Crippen LogP contribution in [-0.4, -0.2) is 35.4 Å². The number of rotatable bonds is 9. The molecule has 2 heterocycles. The summed E-state index contributed by atoms with van der Waals surface area (Å²) < 4.78 is 12.4. The number of methoxy groups -OCH3 is 1. The molecule has 0 radical (unpaired) electrons. The molecule has 3 rings (SSSR count). The van der Waals surface area contributed by atoms with Gasteiger partial charge in [-0.3, -0.25) is 14.2 Å². The summed E-state index contributed by atoms with van der Waals surface area (Å²) in [5.74, 6) is 0.840. The van der Waals surface area contributed by atoms with E-state index in [0.29, 0.717) is 28.3 Å². The highest BCUT2D eigenvalue weighted by molar-refractivity contribution is 7.18. The number of benzene rings is 1. The second kappa shape index (κ2) is 10.2. The van der Waals surface area contributed by atoms with Crippen molar-refractivity contribution in [2.45, 2.75) is 40.2 Å². The molecular formula is C22H26N4O4S. The zero-order valence-electron chi connectivity index (χ0n) is 18.1. The van der Waals surface area contributed by atoms with Gasteiger partial charge in [-0.1, -0.05) is 13.3 Å². The van der Waals surface area contributed by atoms with Crippen LogP contribution < -0.4 is 20.5 Å². The monoisotopic (exact) mass is 442 g/mol. The van der Waals surface area contributed by atoms with E-state index in [9.17, 15) is 9.59 Å². The van der Waals surface area contributed by atoms with Gasteiger partial charge in [0.2, 0.25) is 0 Å². The Morgan fingerprint density at radius 3 is 2.87 bits per heavy atom. The largest absolute Gasteiger partial charge is 0.493 e. The number of aromatic nitrogens is 2. The number of nitrogens with zero attached hydrogens (tertiary/aromatic N) is 3. The molecule has 9 heteroatoms. The number of thiophene rings is 1. The standard InChI is InChI=1S/C22H26N4O4S/c1-5-6-9-30-17-8-7-16(10-18(17)29-4)11-24-25-19(27)12-26-13-23-21-20(22(26)28)14(2)15(3)31-21/h7-8,10-11,13H,5-6,9,12H2,1-4H3,(H,25,27)/b24-11+. The maximum Gasteiger partial charge on any atom is 0.262 e. The minimum absolute atomic E-state index is 0.166. The number of nitrogens with one attached hydrogen (secondary N) is 1. The van der Waals surface area contributed by atoms with E-state index < -0.39 is 5.91 Å². The minimum Gasteiger partial charge on any atom is -0.493 e. The smallest absolute Gasteiger partial charge is 0.262 e. The van der Waals surface area contributed by atoms with Crippen LogP contribution in [0, 0.1) is 13.8 Å². The summed E-state index contributed by atoms with van der Waals surface area (Å²) in [7, 11) is 1.57. The van der Waals surface area contributed by atoms with E-state index in [4.69, 9.17) is 9.47 Å². The van der Waals surface area contributed by atoms with E-state index in [1.165, 1.54) is 28.4 Å². The zero-order chi connectivity index (χ0) is 22.4. The lowest BCUT2D eigenvalue weighted by Crippen LogP contribution is -2.30. The van der Waals surface area contributed by atoms with Gasteiger partial charge in [-0.05, 0) is 49.6 Å². The van der Waals surface area contributed by atoms with Crippen molar-refractivity contribution < 1.29 is 14.3 Å². The third-order valence-electron chi connectivity index (χ3n) is 4.82. The number of ether oxygens (including phenoxy) is 2. The molecule has 3 aromatic rings. The average molecular weight is 443 g/mol. The molecule has 31 heavy (non-hydrogen) atoms. The fraction of sp³-hybridized carbons (Fsp3) is 0.364. The molecule has 0 bridgehead atoms. The fourth-order valence-corrected chi connectivity index (χ4v) is 3.95. The summed E-state index contributed by atoms with van der Waals surface area (Å²) in [5, 5.41) is 4.54. The molecular weight excluding hydrogens is 416 g/mol. The van der Waals surface area contributed by atoms with Gasteiger partial charge in [-0.2, -0.15) is 5.10 Å². The molecule has 8 nitrogen and oxygen atoms in total. The molecule has 0 aliphatic rings. The Morgan fingerprint density at radius 2 is 2.13 bits per heavy atom. The van der Waals surface area contributed by atoms with Crippen molar-refractivity contribution >= 4 is 33.7 Å². The number of hydrogen-bond donors (Lipinski definition) is 1. The number of aryl methyl sites for hydroxylation is 2. The average Bonchev–Trinajstić information content (AvgIpc) is 3.05. The second-order valence-corrected chi connectivity index (χ2v) is 8.25. The van der Waals surface area contributed by atoms with Crippen LogP contribution >= 0.6 is 11.3 Å². The normalized spacial score (nSPS) is 11.2. The van der Waals surface area contributed by atoms with Crippen molar-refractivity contribution in [3.8, 4) is 11.5 Å². The molecule has 1 amide bonds. The van der Waals surface area contributed by atoms with E-state index >= 15 is 0 Å². The van der Waals surface area contributed by atoms with Gasteiger partial charge in [0.25, 0.3) is 11.5 Å². The summed E-state index contributed by atoms with van der Waals surface area (Å²) in [5.41, 5.74) is 3.86. The summed E-state index contributed by atoms with van der Waals surface area (Å²) >= 11 is 1.47. The van der Waals surface area contributed by atoms with Crippen LogP contribution in [0.4, 0.5) is 0 Å². The Bertz CT molecular complexity index is 1170. The van der Waals surface area contributed by atoms with Crippen LogP contribution in [0.15, 0.2) is 34.4 Å². The molecule has 164 valence electrons. The number of carbonyl (C=O) groups excluding carboxylic acids is 1. The molecule has 0 atom stereocenters. The molecule has 1 N–H and O–H groups in total. The van der Waals surface area contributed by atoms with E-state index in [1.54, 1.807) is 13.2 Å². The van der Waals surface area contributed by atoms with Crippen molar-refractivity contribution in [2.24, 2.45) is 5.10 Å². The van der Waals surface area contributed by atoms with Crippen molar-refractivity contribution in [1.82, 2.24) is 15.0 Å². The SMILES string of the molecule is CCCCOc1ccc(/C=N/NC(=O)Cn2cnc3sc(C)c(C)c3c2=O)cc1OC. The molecule has 0 fully saturated rings. The lowest BCUT2D eigenvalue weighted by Gasteiger charge is -2.10.